The quantitative estimate of drug-likeness (QED) is 0.604. The van der Waals surface area contributed by atoms with Gasteiger partial charge in [-0.25, -0.2) is 4.79 Å². The van der Waals surface area contributed by atoms with E-state index >= 15 is 0 Å². The van der Waals surface area contributed by atoms with E-state index in [0.717, 1.165) is 0 Å². The van der Waals surface area contributed by atoms with Gasteiger partial charge in [0.2, 0.25) is 0 Å². The van der Waals surface area contributed by atoms with Gasteiger partial charge in [0.25, 0.3) is 0 Å². The molecule has 2 fully saturated rings. The molecule has 18 heavy (non-hydrogen) atoms. The van der Waals surface area contributed by atoms with Gasteiger partial charge in [-0.1, -0.05) is 0 Å². The van der Waals surface area contributed by atoms with Crippen molar-refractivity contribution in [1.82, 2.24) is 0 Å². The highest BCUT2D eigenvalue weighted by atomic mass is 16.8. The smallest absolute Gasteiger partial charge is 0.337 e. The number of methoxy groups -OCH3 is 1. The van der Waals surface area contributed by atoms with Crippen LogP contribution in [0.15, 0.2) is 0 Å². The summed E-state index contributed by atoms with van der Waals surface area (Å²) in [4.78, 5) is 11.4. The molecule has 0 aromatic heterocycles. The highest BCUT2D eigenvalue weighted by Crippen LogP contribution is 2.32. The number of ether oxygens (including phenoxy) is 4. The largest absolute Gasteiger partial charge is 0.467 e. The fourth-order valence-corrected chi connectivity index (χ4v) is 2.20. The molecule has 2 N–H and O–H groups in total. The molecule has 2 heterocycles. The lowest BCUT2D eigenvalue weighted by molar-refractivity contribution is -0.169. The number of esters is 1. The number of carbonyl (C=O) groups is 1. The van der Waals surface area contributed by atoms with Gasteiger partial charge in [-0.3, -0.25) is 0 Å². The zero-order chi connectivity index (χ0) is 13.5. The van der Waals surface area contributed by atoms with Gasteiger partial charge < -0.3 is 29.2 Å². The van der Waals surface area contributed by atoms with Gasteiger partial charge in [-0.15, -0.1) is 0 Å². The maximum Gasteiger partial charge on any atom is 0.337 e. The average Bonchev–Trinajstić information content (AvgIpc) is 2.81. The molecule has 0 radical (unpaired) electrons. The molecule has 2 saturated heterocycles. The number of aliphatic hydroxyl groups excluding tert-OH is 2. The Kier molecular flexibility index (Phi) is 3.61. The van der Waals surface area contributed by atoms with Crippen LogP contribution in [0, 0.1) is 0 Å². The summed E-state index contributed by atoms with van der Waals surface area (Å²) in [6.45, 7) is 3.71. The van der Waals surface area contributed by atoms with Gasteiger partial charge in [0.15, 0.2) is 11.9 Å². The van der Waals surface area contributed by atoms with Crippen molar-refractivity contribution < 1.29 is 34.0 Å². The standard InChI is InChI=1S/C11H18O7/c1-11(2)16-4-5(18-11)8-6(12)7(13)9(17-8)10(14)15-3/h5-9,12-13H,4H2,1-3H3/t5-,6-,7-,8-,9-/m1/s1. The van der Waals surface area contributed by atoms with Gasteiger partial charge in [0.05, 0.1) is 13.7 Å². The number of aliphatic hydroxyl groups is 2. The summed E-state index contributed by atoms with van der Waals surface area (Å²) in [6, 6.07) is 0. The van der Waals surface area contributed by atoms with Crippen molar-refractivity contribution in [3.63, 3.8) is 0 Å². The molecule has 0 aliphatic carbocycles. The van der Waals surface area contributed by atoms with Gasteiger partial charge >= 0.3 is 5.97 Å². The summed E-state index contributed by atoms with van der Waals surface area (Å²) in [5.74, 6) is -1.48. The zero-order valence-electron chi connectivity index (χ0n) is 10.5. The van der Waals surface area contributed by atoms with Crippen LogP contribution in [0.4, 0.5) is 0 Å². The van der Waals surface area contributed by atoms with E-state index in [1.807, 2.05) is 0 Å². The predicted molar refractivity (Wildman–Crippen MR) is 57.6 cm³/mol. The second kappa shape index (κ2) is 4.75. The van der Waals surface area contributed by atoms with Crippen LogP contribution in [0.25, 0.3) is 0 Å². The Labute approximate surface area is 105 Å². The molecule has 0 bridgehead atoms. The molecule has 0 saturated carbocycles. The summed E-state index contributed by atoms with van der Waals surface area (Å²) in [5, 5.41) is 19.6. The zero-order valence-corrected chi connectivity index (χ0v) is 10.5. The third kappa shape index (κ3) is 2.36. The van der Waals surface area contributed by atoms with Crippen molar-refractivity contribution >= 4 is 5.97 Å². The van der Waals surface area contributed by atoms with Crippen LogP contribution in [0.5, 0.6) is 0 Å². The molecule has 0 amide bonds. The molecule has 0 spiro atoms. The molecule has 0 aromatic carbocycles. The number of carbonyl (C=O) groups excluding carboxylic acids is 1. The number of hydrogen-bond acceptors (Lipinski definition) is 7. The van der Waals surface area contributed by atoms with Gasteiger partial charge in [0.1, 0.15) is 24.4 Å². The fraction of sp³-hybridized carbons (Fsp3) is 0.909. The molecule has 0 unspecified atom stereocenters. The first kappa shape index (κ1) is 13.7. The summed E-state index contributed by atoms with van der Waals surface area (Å²) < 4.78 is 20.7. The van der Waals surface area contributed by atoms with Gasteiger partial charge in [-0.05, 0) is 13.8 Å². The maximum absolute atomic E-state index is 11.4. The second-order valence-electron chi connectivity index (χ2n) is 4.89. The van der Waals surface area contributed by atoms with Crippen molar-refractivity contribution in [2.24, 2.45) is 0 Å². The minimum absolute atomic E-state index is 0.231. The first-order valence-corrected chi connectivity index (χ1v) is 5.77. The van der Waals surface area contributed by atoms with E-state index < -0.39 is 42.3 Å². The Morgan fingerprint density at radius 3 is 2.50 bits per heavy atom. The van der Waals surface area contributed by atoms with E-state index in [4.69, 9.17) is 14.2 Å². The molecular weight excluding hydrogens is 244 g/mol. The van der Waals surface area contributed by atoms with E-state index in [9.17, 15) is 15.0 Å². The lowest BCUT2D eigenvalue weighted by atomic mass is 10.0. The molecule has 7 heteroatoms. The van der Waals surface area contributed by atoms with E-state index in [2.05, 4.69) is 4.74 Å². The van der Waals surface area contributed by atoms with Crippen molar-refractivity contribution in [1.29, 1.82) is 0 Å². The molecule has 2 rings (SSSR count). The third-order valence-electron chi connectivity index (χ3n) is 3.13. The van der Waals surface area contributed by atoms with Crippen LogP contribution in [0.2, 0.25) is 0 Å². The molecule has 0 aromatic rings. The van der Waals surface area contributed by atoms with Crippen molar-refractivity contribution in [2.45, 2.75) is 50.2 Å². The molecule has 104 valence electrons. The van der Waals surface area contributed by atoms with E-state index in [1.54, 1.807) is 13.8 Å². The van der Waals surface area contributed by atoms with Crippen LogP contribution in [-0.2, 0) is 23.7 Å². The summed E-state index contributed by atoms with van der Waals surface area (Å²) in [7, 11) is 1.19. The summed E-state index contributed by atoms with van der Waals surface area (Å²) >= 11 is 0. The highest BCUT2D eigenvalue weighted by Gasteiger charge is 2.52. The Balaban J connectivity index is 2.05. The fourth-order valence-electron chi connectivity index (χ4n) is 2.20. The van der Waals surface area contributed by atoms with Crippen LogP contribution < -0.4 is 0 Å². The highest BCUT2D eigenvalue weighted by molar-refractivity contribution is 5.75. The predicted octanol–water partition coefficient (Wildman–Crippen LogP) is -1.20. The minimum atomic E-state index is -1.32. The number of rotatable bonds is 2. The maximum atomic E-state index is 11.4. The van der Waals surface area contributed by atoms with Crippen molar-refractivity contribution in [3.8, 4) is 0 Å². The van der Waals surface area contributed by atoms with E-state index in [1.165, 1.54) is 7.11 Å². The minimum Gasteiger partial charge on any atom is -0.467 e. The van der Waals surface area contributed by atoms with Crippen LogP contribution >= 0.6 is 0 Å². The Hall–Kier alpha value is -0.730. The SMILES string of the molecule is COC(=O)[C@@H]1O[C@H]([C@H]2COC(C)(C)O2)[C@H](O)[C@H]1O. The van der Waals surface area contributed by atoms with E-state index in [-0.39, 0.29) is 6.61 Å². The molecule has 2 aliphatic rings. The van der Waals surface area contributed by atoms with E-state index in [0.29, 0.717) is 0 Å². The first-order chi connectivity index (χ1) is 8.35. The van der Waals surface area contributed by atoms with Crippen molar-refractivity contribution in [2.75, 3.05) is 13.7 Å². The third-order valence-corrected chi connectivity index (χ3v) is 3.13. The topological polar surface area (TPSA) is 94.5 Å². The van der Waals surface area contributed by atoms with Gasteiger partial charge in [-0.2, -0.15) is 0 Å². The Morgan fingerprint density at radius 2 is 2.00 bits per heavy atom. The lowest BCUT2D eigenvalue weighted by Gasteiger charge is -2.22. The van der Waals surface area contributed by atoms with Crippen LogP contribution in [0.1, 0.15) is 13.8 Å². The summed E-state index contributed by atoms with van der Waals surface area (Å²) in [6.07, 6.45) is -5.07. The average molecular weight is 262 g/mol. The molecular formula is C11H18O7. The summed E-state index contributed by atoms with van der Waals surface area (Å²) in [5.41, 5.74) is 0. The molecule has 2 aliphatic heterocycles. The Morgan fingerprint density at radius 1 is 1.33 bits per heavy atom. The van der Waals surface area contributed by atoms with Crippen molar-refractivity contribution in [3.05, 3.63) is 0 Å². The van der Waals surface area contributed by atoms with Crippen LogP contribution in [0.3, 0.4) is 0 Å². The van der Waals surface area contributed by atoms with Crippen LogP contribution in [-0.4, -0.2) is 66.2 Å². The Bertz CT molecular complexity index is 329. The second-order valence-corrected chi connectivity index (χ2v) is 4.89. The van der Waals surface area contributed by atoms with Gasteiger partial charge in [0, 0.05) is 0 Å². The normalized spacial score (nSPS) is 43.1. The molecule has 7 nitrogen and oxygen atoms in total. The number of hydrogen-bond donors (Lipinski definition) is 2. The monoisotopic (exact) mass is 262 g/mol. The lowest BCUT2D eigenvalue weighted by Crippen LogP contribution is -2.41. The molecule has 5 atom stereocenters. The first-order valence-electron chi connectivity index (χ1n) is 5.77.